The fraction of sp³-hybridized carbons (Fsp3) is 0.300. The molecule has 2 aromatic heterocycles. The van der Waals surface area contributed by atoms with Crippen molar-refractivity contribution in [3.05, 3.63) is 24.2 Å². The Bertz CT molecular complexity index is 459. The Labute approximate surface area is 86.5 Å². The van der Waals surface area contributed by atoms with Gasteiger partial charge in [-0.25, -0.2) is 0 Å². The summed E-state index contributed by atoms with van der Waals surface area (Å²) in [6.45, 7) is 3.25. The van der Waals surface area contributed by atoms with Crippen molar-refractivity contribution in [2.75, 3.05) is 0 Å². The maximum absolute atomic E-state index is 11.1. The first-order valence-electron chi connectivity index (χ1n) is 4.66. The molecular weight excluding hydrogens is 194 g/mol. The van der Waals surface area contributed by atoms with Crippen LogP contribution in [-0.4, -0.2) is 20.9 Å². The number of carbonyl (C=O) groups excluding carboxylic acids is 1. The van der Waals surface area contributed by atoms with Gasteiger partial charge in [0.15, 0.2) is 0 Å². The van der Waals surface area contributed by atoms with E-state index in [1.165, 1.54) is 6.92 Å². The van der Waals surface area contributed by atoms with E-state index < -0.39 is 0 Å². The first-order chi connectivity index (χ1) is 7.18. The molecule has 78 valence electrons. The number of nitrogens with one attached hydrogen (secondary N) is 1. The van der Waals surface area contributed by atoms with Crippen LogP contribution in [0.3, 0.4) is 0 Å². The lowest BCUT2D eigenvalue weighted by Gasteiger charge is -1.97. The number of hydrogen-bond donors (Lipinski definition) is 1. The van der Waals surface area contributed by atoms with Gasteiger partial charge >= 0.3 is 0 Å². The van der Waals surface area contributed by atoms with Crippen LogP contribution in [0.25, 0.3) is 11.5 Å². The molecule has 1 atom stereocenters. The highest BCUT2D eigenvalue weighted by Gasteiger charge is 2.18. The minimum atomic E-state index is -0.346. The van der Waals surface area contributed by atoms with E-state index >= 15 is 0 Å². The summed E-state index contributed by atoms with van der Waals surface area (Å²) in [5, 5.41) is 3.79. The molecule has 0 aliphatic heterocycles. The van der Waals surface area contributed by atoms with E-state index in [2.05, 4.69) is 15.1 Å². The van der Waals surface area contributed by atoms with E-state index in [0.717, 1.165) is 5.69 Å². The first kappa shape index (κ1) is 9.64. The van der Waals surface area contributed by atoms with Crippen LogP contribution < -0.4 is 0 Å². The van der Waals surface area contributed by atoms with Gasteiger partial charge in [0.1, 0.15) is 5.78 Å². The Hall–Kier alpha value is -1.91. The van der Waals surface area contributed by atoms with E-state index in [4.69, 9.17) is 4.52 Å². The van der Waals surface area contributed by atoms with E-state index in [-0.39, 0.29) is 11.7 Å². The summed E-state index contributed by atoms with van der Waals surface area (Å²) in [7, 11) is 0. The number of carbonyl (C=O) groups is 1. The molecule has 5 nitrogen and oxygen atoms in total. The molecule has 0 fully saturated rings. The van der Waals surface area contributed by atoms with Crippen molar-refractivity contribution in [1.29, 1.82) is 0 Å². The van der Waals surface area contributed by atoms with Crippen LogP contribution in [0.4, 0.5) is 0 Å². The third-order valence-corrected chi connectivity index (χ3v) is 2.26. The summed E-state index contributed by atoms with van der Waals surface area (Å²) in [6.07, 6.45) is 1.78. The molecule has 2 rings (SSSR count). The molecule has 1 N–H and O–H groups in total. The maximum atomic E-state index is 11.1. The SMILES string of the molecule is CC(=O)C(C)c1nc(-c2ccc[nH]2)no1. The van der Waals surface area contributed by atoms with E-state index in [9.17, 15) is 4.79 Å². The van der Waals surface area contributed by atoms with E-state index in [1.54, 1.807) is 13.1 Å². The van der Waals surface area contributed by atoms with Gasteiger partial charge in [0.25, 0.3) is 0 Å². The lowest BCUT2D eigenvalue weighted by atomic mass is 10.1. The van der Waals surface area contributed by atoms with Crippen molar-refractivity contribution >= 4 is 5.78 Å². The molecule has 15 heavy (non-hydrogen) atoms. The molecule has 2 heterocycles. The Balaban J connectivity index is 2.28. The van der Waals surface area contributed by atoms with Gasteiger partial charge in [0.05, 0.1) is 11.6 Å². The largest absolute Gasteiger partial charge is 0.359 e. The predicted octanol–water partition coefficient (Wildman–Crippen LogP) is 1.76. The standard InChI is InChI=1S/C10H11N3O2/c1-6(7(2)14)10-12-9(13-15-10)8-4-3-5-11-8/h3-6,11H,1-2H3. The molecule has 1 unspecified atom stereocenters. The fourth-order valence-electron chi connectivity index (χ4n) is 1.16. The zero-order valence-electron chi connectivity index (χ0n) is 8.52. The van der Waals surface area contributed by atoms with Crippen LogP contribution in [0.1, 0.15) is 25.7 Å². The van der Waals surface area contributed by atoms with Crippen molar-refractivity contribution in [3.8, 4) is 11.5 Å². The Morgan fingerprint density at radius 3 is 3.00 bits per heavy atom. The highest BCUT2D eigenvalue weighted by atomic mass is 16.5. The molecule has 2 aromatic rings. The smallest absolute Gasteiger partial charge is 0.237 e. The third kappa shape index (κ3) is 1.81. The Kier molecular flexibility index (Phi) is 2.37. The Morgan fingerprint density at radius 2 is 2.40 bits per heavy atom. The van der Waals surface area contributed by atoms with Crippen LogP contribution in [0, 0.1) is 0 Å². The number of rotatable bonds is 3. The molecule has 5 heteroatoms. The number of aromatic nitrogens is 3. The second-order valence-corrected chi connectivity index (χ2v) is 3.37. The van der Waals surface area contributed by atoms with Gasteiger partial charge in [-0.05, 0) is 26.0 Å². The van der Waals surface area contributed by atoms with Gasteiger partial charge in [-0.2, -0.15) is 4.98 Å². The number of H-pyrrole nitrogens is 1. The molecule has 0 aliphatic rings. The Morgan fingerprint density at radius 1 is 1.60 bits per heavy atom. The van der Waals surface area contributed by atoms with Gasteiger partial charge < -0.3 is 9.51 Å². The monoisotopic (exact) mass is 205 g/mol. The maximum Gasteiger partial charge on any atom is 0.237 e. The number of hydrogen-bond acceptors (Lipinski definition) is 4. The number of Topliss-reactive ketones (excluding diaryl/α,β-unsaturated/α-hetero) is 1. The van der Waals surface area contributed by atoms with E-state index in [1.807, 2.05) is 12.1 Å². The lowest BCUT2D eigenvalue weighted by molar-refractivity contribution is -0.118. The quantitative estimate of drug-likeness (QED) is 0.828. The lowest BCUT2D eigenvalue weighted by Crippen LogP contribution is -2.04. The van der Waals surface area contributed by atoms with Gasteiger partial charge in [0, 0.05) is 6.20 Å². The molecule has 0 spiro atoms. The van der Waals surface area contributed by atoms with Crippen molar-refractivity contribution in [3.63, 3.8) is 0 Å². The van der Waals surface area contributed by atoms with E-state index in [0.29, 0.717) is 11.7 Å². The summed E-state index contributed by atoms with van der Waals surface area (Å²) < 4.78 is 5.01. The van der Waals surface area contributed by atoms with Crippen molar-refractivity contribution in [1.82, 2.24) is 15.1 Å². The molecule has 0 bridgehead atoms. The molecule has 0 saturated carbocycles. The van der Waals surface area contributed by atoms with Gasteiger partial charge in [-0.15, -0.1) is 0 Å². The molecule has 0 radical (unpaired) electrons. The second kappa shape index (κ2) is 3.68. The minimum Gasteiger partial charge on any atom is -0.359 e. The average Bonchev–Trinajstić information content (AvgIpc) is 2.86. The normalized spacial score (nSPS) is 12.7. The van der Waals surface area contributed by atoms with Crippen LogP contribution in [0.2, 0.25) is 0 Å². The number of ketones is 1. The predicted molar refractivity (Wildman–Crippen MR) is 53.2 cm³/mol. The summed E-state index contributed by atoms with van der Waals surface area (Å²) in [5.74, 6) is 0.494. The summed E-state index contributed by atoms with van der Waals surface area (Å²) in [5.41, 5.74) is 0.778. The summed E-state index contributed by atoms with van der Waals surface area (Å²) in [4.78, 5) is 18.2. The fourth-order valence-corrected chi connectivity index (χ4v) is 1.16. The summed E-state index contributed by atoms with van der Waals surface area (Å²) >= 11 is 0. The molecular formula is C10H11N3O2. The van der Waals surface area contributed by atoms with Crippen LogP contribution >= 0.6 is 0 Å². The van der Waals surface area contributed by atoms with Crippen molar-refractivity contribution in [2.45, 2.75) is 19.8 Å². The third-order valence-electron chi connectivity index (χ3n) is 2.26. The second-order valence-electron chi connectivity index (χ2n) is 3.37. The zero-order valence-corrected chi connectivity index (χ0v) is 8.52. The van der Waals surface area contributed by atoms with Crippen LogP contribution in [-0.2, 0) is 4.79 Å². The number of aromatic amines is 1. The molecule has 0 amide bonds. The number of nitrogens with zero attached hydrogens (tertiary/aromatic N) is 2. The topological polar surface area (TPSA) is 71.8 Å². The zero-order chi connectivity index (χ0) is 10.8. The summed E-state index contributed by atoms with van der Waals surface area (Å²) in [6, 6.07) is 3.69. The van der Waals surface area contributed by atoms with Crippen LogP contribution in [0.5, 0.6) is 0 Å². The van der Waals surface area contributed by atoms with Crippen LogP contribution in [0.15, 0.2) is 22.9 Å². The van der Waals surface area contributed by atoms with Gasteiger partial charge in [-0.1, -0.05) is 5.16 Å². The highest BCUT2D eigenvalue weighted by molar-refractivity contribution is 5.81. The van der Waals surface area contributed by atoms with Crippen molar-refractivity contribution < 1.29 is 9.32 Å². The van der Waals surface area contributed by atoms with Gasteiger partial charge in [-0.3, -0.25) is 4.79 Å². The highest BCUT2D eigenvalue weighted by Crippen LogP contribution is 2.18. The van der Waals surface area contributed by atoms with Crippen molar-refractivity contribution in [2.24, 2.45) is 0 Å². The molecule has 0 aromatic carbocycles. The van der Waals surface area contributed by atoms with Gasteiger partial charge in [0.2, 0.25) is 11.7 Å². The molecule has 0 saturated heterocycles. The molecule has 0 aliphatic carbocycles. The average molecular weight is 205 g/mol. The minimum absolute atomic E-state index is 0.0108. The first-order valence-corrected chi connectivity index (χ1v) is 4.66.